The van der Waals surface area contributed by atoms with Crippen molar-refractivity contribution in [3.63, 3.8) is 0 Å². The standard InChI is InChI=1S/C10H24NO3S/c1-11(2,3)9-7-5-6-8-10-15(12,13)14-4/h5-10H2,1-4H3/q+1. The van der Waals surface area contributed by atoms with Gasteiger partial charge in [0.2, 0.25) is 0 Å². The normalized spacial score (nSPS) is 13.1. The largest absolute Gasteiger partial charge is 0.331 e. The van der Waals surface area contributed by atoms with Gasteiger partial charge in [-0.15, -0.1) is 0 Å². The highest BCUT2D eigenvalue weighted by Gasteiger charge is 2.08. The zero-order valence-corrected chi connectivity index (χ0v) is 11.1. The second-order valence-corrected chi connectivity index (χ2v) is 6.71. The topological polar surface area (TPSA) is 43.4 Å². The van der Waals surface area contributed by atoms with E-state index in [-0.39, 0.29) is 5.75 Å². The van der Waals surface area contributed by atoms with Gasteiger partial charge in [-0.3, -0.25) is 4.18 Å². The summed E-state index contributed by atoms with van der Waals surface area (Å²) in [6, 6.07) is 0. The summed E-state index contributed by atoms with van der Waals surface area (Å²) in [5.41, 5.74) is 0. The van der Waals surface area contributed by atoms with Crippen LogP contribution in [0.3, 0.4) is 0 Å². The molecule has 0 aromatic rings. The molecule has 0 atom stereocenters. The third-order valence-electron chi connectivity index (χ3n) is 2.23. The third-order valence-corrected chi connectivity index (χ3v) is 3.52. The molecule has 0 amide bonds. The summed E-state index contributed by atoms with van der Waals surface area (Å²) in [6.07, 6.45) is 3.90. The van der Waals surface area contributed by atoms with Crippen molar-refractivity contribution in [3.05, 3.63) is 0 Å². The molecule has 0 saturated heterocycles. The Morgan fingerprint density at radius 1 is 1.00 bits per heavy atom. The molecule has 0 N–H and O–H groups in total. The number of unbranched alkanes of at least 4 members (excludes halogenated alkanes) is 3. The number of quaternary nitrogens is 1. The number of hydrogen-bond donors (Lipinski definition) is 0. The van der Waals surface area contributed by atoms with E-state index in [1.54, 1.807) is 0 Å². The number of nitrogens with zero attached hydrogens (tertiary/aromatic N) is 1. The van der Waals surface area contributed by atoms with Crippen molar-refractivity contribution >= 4 is 10.1 Å². The predicted molar refractivity (Wildman–Crippen MR) is 62.2 cm³/mol. The molecule has 0 spiro atoms. The zero-order chi connectivity index (χ0) is 11.9. The van der Waals surface area contributed by atoms with Gasteiger partial charge in [0.25, 0.3) is 10.1 Å². The SMILES string of the molecule is COS(=O)(=O)CCCCCC[N+](C)(C)C. The van der Waals surface area contributed by atoms with Crippen LogP contribution in [0.4, 0.5) is 0 Å². The van der Waals surface area contributed by atoms with Crippen LogP contribution in [-0.2, 0) is 14.3 Å². The summed E-state index contributed by atoms with van der Waals surface area (Å²) in [7, 11) is 4.46. The molecule has 0 radical (unpaired) electrons. The highest BCUT2D eigenvalue weighted by molar-refractivity contribution is 7.86. The van der Waals surface area contributed by atoms with Crippen LogP contribution in [0.1, 0.15) is 25.7 Å². The molecule has 0 aromatic carbocycles. The summed E-state index contributed by atoms with van der Waals surface area (Å²) in [4.78, 5) is 0. The molecular weight excluding hydrogens is 214 g/mol. The molecule has 0 unspecified atom stereocenters. The molecule has 0 heterocycles. The Morgan fingerprint density at radius 3 is 2.00 bits per heavy atom. The summed E-state index contributed by atoms with van der Waals surface area (Å²) >= 11 is 0. The Balaban J connectivity index is 3.42. The van der Waals surface area contributed by atoms with E-state index >= 15 is 0 Å². The Bertz CT molecular complexity index is 254. The lowest BCUT2D eigenvalue weighted by Gasteiger charge is -2.23. The first-order valence-corrected chi connectivity index (χ1v) is 6.93. The molecule has 0 saturated carbocycles. The van der Waals surface area contributed by atoms with Crippen LogP contribution in [0.25, 0.3) is 0 Å². The van der Waals surface area contributed by atoms with Crippen LogP contribution in [0, 0.1) is 0 Å². The van der Waals surface area contributed by atoms with E-state index < -0.39 is 10.1 Å². The molecular formula is C10H24NO3S+. The summed E-state index contributed by atoms with van der Waals surface area (Å²) < 4.78 is 27.3. The maximum atomic E-state index is 11.0. The highest BCUT2D eigenvalue weighted by Crippen LogP contribution is 2.05. The Kier molecular flexibility index (Phi) is 6.40. The van der Waals surface area contributed by atoms with Crippen molar-refractivity contribution in [2.24, 2.45) is 0 Å². The molecule has 0 bridgehead atoms. The summed E-state index contributed by atoms with van der Waals surface area (Å²) in [6.45, 7) is 1.14. The van der Waals surface area contributed by atoms with Crippen LogP contribution in [-0.4, -0.2) is 53.5 Å². The van der Waals surface area contributed by atoms with Crippen LogP contribution < -0.4 is 0 Å². The smallest absolute Gasteiger partial charge is 0.267 e. The molecule has 92 valence electrons. The van der Waals surface area contributed by atoms with Crippen molar-refractivity contribution in [2.45, 2.75) is 25.7 Å². The van der Waals surface area contributed by atoms with Crippen LogP contribution in [0.15, 0.2) is 0 Å². The fourth-order valence-corrected chi connectivity index (χ4v) is 2.03. The van der Waals surface area contributed by atoms with E-state index in [4.69, 9.17) is 0 Å². The second-order valence-electron chi connectivity index (χ2n) is 4.86. The molecule has 15 heavy (non-hydrogen) atoms. The van der Waals surface area contributed by atoms with Crippen molar-refractivity contribution in [3.8, 4) is 0 Å². The van der Waals surface area contributed by atoms with Gasteiger partial charge in [0.1, 0.15) is 0 Å². The molecule has 0 rings (SSSR count). The lowest BCUT2D eigenvalue weighted by atomic mass is 10.2. The van der Waals surface area contributed by atoms with Gasteiger partial charge >= 0.3 is 0 Å². The predicted octanol–water partition coefficient (Wildman–Crippen LogP) is 1.23. The average molecular weight is 238 g/mol. The van der Waals surface area contributed by atoms with Crippen LogP contribution in [0.2, 0.25) is 0 Å². The Hall–Kier alpha value is -0.130. The van der Waals surface area contributed by atoms with Gasteiger partial charge in [0.15, 0.2) is 0 Å². The minimum atomic E-state index is -3.24. The first-order valence-electron chi connectivity index (χ1n) is 5.35. The van der Waals surface area contributed by atoms with E-state index in [2.05, 4.69) is 25.3 Å². The molecule has 0 aliphatic heterocycles. The van der Waals surface area contributed by atoms with Gasteiger partial charge in [0, 0.05) is 0 Å². The van der Waals surface area contributed by atoms with Gasteiger partial charge in [0.05, 0.1) is 40.6 Å². The van der Waals surface area contributed by atoms with E-state index in [0.29, 0.717) is 6.42 Å². The van der Waals surface area contributed by atoms with Crippen LogP contribution >= 0.6 is 0 Å². The summed E-state index contributed by atoms with van der Waals surface area (Å²) in [5.74, 6) is 0.147. The second kappa shape index (κ2) is 6.45. The maximum absolute atomic E-state index is 11.0. The minimum absolute atomic E-state index is 0.147. The van der Waals surface area contributed by atoms with Crippen molar-refractivity contribution < 1.29 is 17.1 Å². The quantitative estimate of drug-likeness (QED) is 0.363. The lowest BCUT2D eigenvalue weighted by molar-refractivity contribution is -0.870. The van der Waals surface area contributed by atoms with Crippen molar-refractivity contribution in [1.82, 2.24) is 0 Å². The zero-order valence-electron chi connectivity index (χ0n) is 10.3. The minimum Gasteiger partial charge on any atom is -0.331 e. The average Bonchev–Trinajstić information content (AvgIpc) is 2.09. The van der Waals surface area contributed by atoms with E-state index in [9.17, 15) is 8.42 Å². The van der Waals surface area contributed by atoms with Gasteiger partial charge in [-0.05, 0) is 19.3 Å². The van der Waals surface area contributed by atoms with Gasteiger partial charge < -0.3 is 4.48 Å². The number of rotatable bonds is 8. The van der Waals surface area contributed by atoms with Gasteiger partial charge in [-0.1, -0.05) is 6.42 Å². The third kappa shape index (κ3) is 10.2. The first-order chi connectivity index (χ1) is 6.77. The van der Waals surface area contributed by atoms with Crippen LogP contribution in [0.5, 0.6) is 0 Å². The molecule has 4 nitrogen and oxygen atoms in total. The van der Waals surface area contributed by atoms with Gasteiger partial charge in [-0.25, -0.2) is 0 Å². The van der Waals surface area contributed by atoms with E-state index in [1.165, 1.54) is 7.11 Å². The fourth-order valence-electron chi connectivity index (χ4n) is 1.30. The number of hydrogen-bond acceptors (Lipinski definition) is 3. The highest BCUT2D eigenvalue weighted by atomic mass is 32.2. The Morgan fingerprint density at radius 2 is 1.53 bits per heavy atom. The molecule has 0 aromatic heterocycles. The van der Waals surface area contributed by atoms with E-state index in [0.717, 1.165) is 30.3 Å². The van der Waals surface area contributed by atoms with Crippen molar-refractivity contribution in [1.29, 1.82) is 0 Å². The fraction of sp³-hybridized carbons (Fsp3) is 1.00. The molecule has 0 fully saturated rings. The van der Waals surface area contributed by atoms with Gasteiger partial charge in [-0.2, -0.15) is 8.42 Å². The molecule has 0 aliphatic carbocycles. The lowest BCUT2D eigenvalue weighted by Crippen LogP contribution is -2.35. The molecule has 5 heteroatoms. The monoisotopic (exact) mass is 238 g/mol. The van der Waals surface area contributed by atoms with Crippen molar-refractivity contribution in [2.75, 3.05) is 40.6 Å². The molecule has 0 aliphatic rings. The Labute approximate surface area is 93.9 Å². The maximum Gasteiger partial charge on any atom is 0.267 e. The summed E-state index contributed by atoms with van der Waals surface area (Å²) in [5, 5.41) is 0. The van der Waals surface area contributed by atoms with E-state index in [1.807, 2.05) is 0 Å². The first kappa shape index (κ1) is 14.9.